The fourth-order valence-electron chi connectivity index (χ4n) is 2.38. The van der Waals surface area contributed by atoms with E-state index in [0.717, 1.165) is 51.3 Å². The lowest BCUT2D eigenvalue weighted by atomic mass is 10.1. The van der Waals surface area contributed by atoms with Gasteiger partial charge in [0.25, 0.3) is 0 Å². The molecular weight excluding hydrogens is 250 g/mol. The van der Waals surface area contributed by atoms with Crippen molar-refractivity contribution in [3.05, 3.63) is 23.8 Å². The predicted octanol–water partition coefficient (Wildman–Crippen LogP) is 2.53. The summed E-state index contributed by atoms with van der Waals surface area (Å²) in [5.41, 5.74) is 7.40. The maximum Gasteiger partial charge on any atom is 0.120 e. The van der Waals surface area contributed by atoms with Crippen LogP contribution in [0.25, 0.3) is 0 Å². The molecule has 1 rings (SSSR count). The largest absolute Gasteiger partial charge is 0.508 e. The predicted molar refractivity (Wildman–Crippen MR) is 85.9 cm³/mol. The van der Waals surface area contributed by atoms with Crippen LogP contribution in [0.1, 0.15) is 32.8 Å². The quantitative estimate of drug-likeness (QED) is 0.539. The minimum atomic E-state index is 0.335. The van der Waals surface area contributed by atoms with Gasteiger partial charge < -0.3 is 15.7 Å². The van der Waals surface area contributed by atoms with E-state index in [2.05, 4.69) is 30.6 Å². The van der Waals surface area contributed by atoms with E-state index in [1.165, 1.54) is 0 Å². The average molecular weight is 279 g/mol. The maximum atomic E-state index is 9.88. The van der Waals surface area contributed by atoms with E-state index >= 15 is 0 Å². The third kappa shape index (κ3) is 5.39. The minimum absolute atomic E-state index is 0.335. The lowest BCUT2D eigenvalue weighted by Gasteiger charge is -2.23. The Balaban J connectivity index is 2.48. The second-order valence-corrected chi connectivity index (χ2v) is 5.14. The number of anilines is 1. The molecule has 0 atom stereocenters. The number of hydrogen-bond acceptors (Lipinski definition) is 4. The lowest BCUT2D eigenvalue weighted by Crippen LogP contribution is -2.29. The number of aromatic hydroxyl groups is 1. The van der Waals surface area contributed by atoms with Gasteiger partial charge in [0.05, 0.1) is 0 Å². The molecule has 0 heterocycles. The van der Waals surface area contributed by atoms with Crippen LogP contribution in [0.3, 0.4) is 0 Å². The third-order valence-electron chi connectivity index (χ3n) is 3.79. The summed E-state index contributed by atoms with van der Waals surface area (Å²) >= 11 is 0. The Morgan fingerprint density at radius 1 is 1.00 bits per heavy atom. The van der Waals surface area contributed by atoms with Gasteiger partial charge in [-0.05, 0) is 57.3 Å². The second-order valence-electron chi connectivity index (χ2n) is 5.14. The number of nitrogen functional groups attached to an aromatic ring is 1. The van der Waals surface area contributed by atoms with Gasteiger partial charge in [0.15, 0.2) is 0 Å². The Labute approximate surface area is 123 Å². The molecule has 0 bridgehead atoms. The normalized spacial score (nSPS) is 11.4. The van der Waals surface area contributed by atoms with Gasteiger partial charge >= 0.3 is 0 Å². The van der Waals surface area contributed by atoms with E-state index in [0.29, 0.717) is 11.4 Å². The lowest BCUT2D eigenvalue weighted by molar-refractivity contribution is 0.236. The number of phenols is 1. The number of hydrogen-bond donors (Lipinski definition) is 2. The molecule has 0 saturated carbocycles. The Kier molecular flexibility index (Phi) is 7.41. The highest BCUT2D eigenvalue weighted by atomic mass is 16.3. The number of rotatable bonds is 9. The Hall–Kier alpha value is -1.26. The van der Waals surface area contributed by atoms with Crippen molar-refractivity contribution < 1.29 is 5.11 Å². The first-order valence-electron chi connectivity index (χ1n) is 7.62. The van der Waals surface area contributed by atoms with E-state index in [4.69, 9.17) is 5.73 Å². The molecule has 1 aromatic carbocycles. The molecule has 0 amide bonds. The number of nitrogens with two attached hydrogens (primary N) is 1. The van der Waals surface area contributed by atoms with Crippen LogP contribution in [0.2, 0.25) is 0 Å². The molecule has 20 heavy (non-hydrogen) atoms. The number of nitrogens with zero attached hydrogens (tertiary/aromatic N) is 2. The van der Waals surface area contributed by atoms with Crippen molar-refractivity contribution in [2.75, 3.05) is 38.5 Å². The monoisotopic (exact) mass is 279 g/mol. The van der Waals surface area contributed by atoms with E-state index in [-0.39, 0.29) is 0 Å². The standard InChI is InChI=1S/C16H29N3O/c1-4-18(5-2)10-7-11-19(6-3)13-14-12-15(17)8-9-16(14)20/h8-9,12,20H,4-7,10-11,13,17H2,1-3H3. The summed E-state index contributed by atoms with van der Waals surface area (Å²) in [6.07, 6.45) is 1.15. The van der Waals surface area contributed by atoms with Crippen molar-refractivity contribution >= 4 is 5.69 Å². The highest BCUT2D eigenvalue weighted by Crippen LogP contribution is 2.21. The van der Waals surface area contributed by atoms with Crippen molar-refractivity contribution in [2.45, 2.75) is 33.7 Å². The number of phenolic OH excluding ortho intramolecular Hbond substituents is 1. The fourth-order valence-corrected chi connectivity index (χ4v) is 2.38. The molecule has 0 radical (unpaired) electrons. The molecule has 4 nitrogen and oxygen atoms in total. The van der Waals surface area contributed by atoms with Crippen LogP contribution in [0.15, 0.2) is 18.2 Å². The van der Waals surface area contributed by atoms with Gasteiger partial charge in [0.2, 0.25) is 0 Å². The molecule has 3 N–H and O–H groups in total. The highest BCUT2D eigenvalue weighted by Gasteiger charge is 2.08. The summed E-state index contributed by atoms with van der Waals surface area (Å²) in [6.45, 7) is 12.7. The Bertz CT molecular complexity index is 391. The summed E-state index contributed by atoms with van der Waals surface area (Å²) in [7, 11) is 0. The summed E-state index contributed by atoms with van der Waals surface area (Å²) in [6, 6.07) is 5.27. The molecule has 0 aliphatic carbocycles. The summed E-state index contributed by atoms with van der Waals surface area (Å²) in [5, 5.41) is 9.88. The van der Waals surface area contributed by atoms with Crippen LogP contribution in [-0.4, -0.2) is 47.6 Å². The van der Waals surface area contributed by atoms with Crippen LogP contribution >= 0.6 is 0 Å². The van der Waals surface area contributed by atoms with Crippen molar-refractivity contribution in [1.29, 1.82) is 0 Å². The minimum Gasteiger partial charge on any atom is -0.508 e. The van der Waals surface area contributed by atoms with Crippen LogP contribution in [0.5, 0.6) is 5.75 Å². The van der Waals surface area contributed by atoms with Crippen LogP contribution < -0.4 is 5.73 Å². The van der Waals surface area contributed by atoms with Crippen LogP contribution in [0.4, 0.5) is 5.69 Å². The Morgan fingerprint density at radius 2 is 1.60 bits per heavy atom. The van der Waals surface area contributed by atoms with Gasteiger partial charge in [-0.15, -0.1) is 0 Å². The first-order valence-corrected chi connectivity index (χ1v) is 7.62. The van der Waals surface area contributed by atoms with Gasteiger partial charge in [-0.25, -0.2) is 0 Å². The van der Waals surface area contributed by atoms with E-state index in [9.17, 15) is 5.11 Å². The molecule has 0 saturated heterocycles. The van der Waals surface area contributed by atoms with Gasteiger partial charge in [-0.1, -0.05) is 20.8 Å². The molecular formula is C16H29N3O. The summed E-state index contributed by atoms with van der Waals surface area (Å²) in [5.74, 6) is 0.335. The topological polar surface area (TPSA) is 52.7 Å². The molecule has 0 aliphatic rings. The summed E-state index contributed by atoms with van der Waals surface area (Å²) in [4.78, 5) is 4.78. The third-order valence-corrected chi connectivity index (χ3v) is 3.79. The zero-order valence-electron chi connectivity index (χ0n) is 13.1. The molecule has 0 spiro atoms. The van der Waals surface area contributed by atoms with Gasteiger partial charge in [-0.2, -0.15) is 0 Å². The van der Waals surface area contributed by atoms with E-state index < -0.39 is 0 Å². The zero-order valence-corrected chi connectivity index (χ0v) is 13.1. The summed E-state index contributed by atoms with van der Waals surface area (Å²) < 4.78 is 0. The second kappa shape index (κ2) is 8.82. The van der Waals surface area contributed by atoms with E-state index in [1.54, 1.807) is 12.1 Å². The SMILES string of the molecule is CCN(CC)CCCN(CC)Cc1cc(N)ccc1O. The highest BCUT2D eigenvalue weighted by molar-refractivity contribution is 5.47. The molecule has 114 valence electrons. The van der Waals surface area contributed by atoms with Gasteiger partial charge in [-0.3, -0.25) is 4.90 Å². The van der Waals surface area contributed by atoms with Crippen molar-refractivity contribution in [1.82, 2.24) is 9.80 Å². The fraction of sp³-hybridized carbons (Fsp3) is 0.625. The van der Waals surface area contributed by atoms with E-state index in [1.807, 2.05) is 6.07 Å². The molecule has 0 aliphatic heterocycles. The number of benzene rings is 1. The average Bonchev–Trinajstić information content (AvgIpc) is 2.46. The Morgan fingerprint density at radius 3 is 2.20 bits per heavy atom. The van der Waals surface area contributed by atoms with Crippen molar-refractivity contribution in [2.24, 2.45) is 0 Å². The molecule has 1 aromatic rings. The van der Waals surface area contributed by atoms with Crippen molar-refractivity contribution in [3.63, 3.8) is 0 Å². The smallest absolute Gasteiger partial charge is 0.120 e. The molecule has 4 heteroatoms. The maximum absolute atomic E-state index is 9.88. The van der Waals surface area contributed by atoms with Gasteiger partial charge in [0, 0.05) is 17.8 Å². The molecule has 0 unspecified atom stereocenters. The van der Waals surface area contributed by atoms with Gasteiger partial charge in [0.1, 0.15) is 5.75 Å². The van der Waals surface area contributed by atoms with Crippen LogP contribution in [0, 0.1) is 0 Å². The molecule has 0 aromatic heterocycles. The first-order chi connectivity index (χ1) is 9.60. The molecule has 0 fully saturated rings. The van der Waals surface area contributed by atoms with Crippen molar-refractivity contribution in [3.8, 4) is 5.75 Å². The zero-order chi connectivity index (χ0) is 15.0. The van der Waals surface area contributed by atoms with Crippen LogP contribution in [-0.2, 0) is 6.54 Å². The first kappa shape index (κ1) is 16.8.